The maximum Gasteiger partial charge on any atom is 0.159 e. The number of Topliss-reactive ketones (excluding diaryl/α,β-unsaturated/α-hetero) is 1. The maximum absolute atomic E-state index is 11.7. The quantitative estimate of drug-likeness (QED) is 0.514. The molecular weight excluding hydrogens is 272 g/mol. The summed E-state index contributed by atoms with van der Waals surface area (Å²) < 4.78 is 5.78. The van der Waals surface area contributed by atoms with Crippen molar-refractivity contribution in [3.8, 4) is 5.75 Å². The van der Waals surface area contributed by atoms with Crippen LogP contribution in [0.4, 0.5) is 0 Å². The zero-order valence-corrected chi connectivity index (χ0v) is 13.5. The van der Waals surface area contributed by atoms with Crippen molar-refractivity contribution >= 4 is 5.78 Å². The fourth-order valence-electron chi connectivity index (χ4n) is 2.36. The van der Waals surface area contributed by atoms with Crippen molar-refractivity contribution in [2.24, 2.45) is 0 Å². The van der Waals surface area contributed by atoms with Gasteiger partial charge in [0.15, 0.2) is 5.78 Å². The SMILES string of the molecule is CCCCOc1cc(CCc2ccccc2)cc(C(C)=O)c1. The topological polar surface area (TPSA) is 26.3 Å². The first-order chi connectivity index (χ1) is 10.7. The Hall–Kier alpha value is -2.09. The standard InChI is InChI=1S/C20H24O2/c1-3-4-12-22-20-14-18(13-19(15-20)16(2)21)11-10-17-8-6-5-7-9-17/h5-9,13-15H,3-4,10-12H2,1-2H3. The van der Waals surface area contributed by atoms with E-state index in [1.165, 1.54) is 5.56 Å². The third-order valence-corrected chi connectivity index (χ3v) is 3.68. The van der Waals surface area contributed by atoms with Gasteiger partial charge in [-0.25, -0.2) is 0 Å². The van der Waals surface area contributed by atoms with Gasteiger partial charge in [0.1, 0.15) is 5.75 Å². The molecule has 0 atom stereocenters. The Bertz CT molecular complexity index is 602. The fraction of sp³-hybridized carbons (Fsp3) is 0.350. The summed E-state index contributed by atoms with van der Waals surface area (Å²) >= 11 is 0. The van der Waals surface area contributed by atoms with Gasteiger partial charge in [0.2, 0.25) is 0 Å². The van der Waals surface area contributed by atoms with Gasteiger partial charge in [-0.05, 0) is 55.5 Å². The molecule has 22 heavy (non-hydrogen) atoms. The molecule has 0 spiro atoms. The molecule has 0 amide bonds. The molecule has 0 radical (unpaired) electrons. The van der Waals surface area contributed by atoms with E-state index in [1.54, 1.807) is 6.92 Å². The molecule has 0 saturated carbocycles. The van der Waals surface area contributed by atoms with Gasteiger partial charge in [-0.15, -0.1) is 0 Å². The highest BCUT2D eigenvalue weighted by atomic mass is 16.5. The molecule has 0 heterocycles. The molecule has 2 aromatic rings. The second-order valence-corrected chi connectivity index (χ2v) is 5.61. The van der Waals surface area contributed by atoms with Crippen LogP contribution < -0.4 is 4.74 Å². The predicted molar refractivity (Wildman–Crippen MR) is 90.7 cm³/mol. The van der Waals surface area contributed by atoms with E-state index in [0.29, 0.717) is 6.61 Å². The van der Waals surface area contributed by atoms with E-state index in [0.717, 1.165) is 42.6 Å². The molecule has 0 bridgehead atoms. The molecule has 0 N–H and O–H groups in total. The molecular formula is C20H24O2. The number of carbonyl (C=O) groups is 1. The van der Waals surface area contributed by atoms with Gasteiger partial charge in [-0.2, -0.15) is 0 Å². The number of carbonyl (C=O) groups excluding carboxylic acids is 1. The minimum absolute atomic E-state index is 0.0851. The molecule has 2 aromatic carbocycles. The highest BCUT2D eigenvalue weighted by Crippen LogP contribution is 2.20. The van der Waals surface area contributed by atoms with Crippen LogP contribution in [0, 0.1) is 0 Å². The van der Waals surface area contributed by atoms with E-state index < -0.39 is 0 Å². The molecule has 116 valence electrons. The molecule has 0 fully saturated rings. The maximum atomic E-state index is 11.7. The minimum atomic E-state index is 0.0851. The highest BCUT2D eigenvalue weighted by Gasteiger charge is 2.06. The number of hydrogen-bond donors (Lipinski definition) is 0. The van der Waals surface area contributed by atoms with Gasteiger partial charge < -0.3 is 4.74 Å². The van der Waals surface area contributed by atoms with Crippen molar-refractivity contribution in [3.05, 3.63) is 65.2 Å². The molecule has 2 heteroatoms. The molecule has 0 aliphatic heterocycles. The number of hydrogen-bond acceptors (Lipinski definition) is 2. The summed E-state index contributed by atoms with van der Waals surface area (Å²) in [6, 6.07) is 16.3. The van der Waals surface area contributed by atoms with Gasteiger partial charge in [0.25, 0.3) is 0 Å². The monoisotopic (exact) mass is 296 g/mol. The molecule has 0 aliphatic carbocycles. The summed E-state index contributed by atoms with van der Waals surface area (Å²) in [6.07, 6.45) is 4.02. The normalized spacial score (nSPS) is 10.5. The van der Waals surface area contributed by atoms with Gasteiger partial charge >= 0.3 is 0 Å². The Morgan fingerprint density at radius 3 is 2.41 bits per heavy atom. The lowest BCUT2D eigenvalue weighted by Crippen LogP contribution is -2.01. The molecule has 0 unspecified atom stereocenters. The lowest BCUT2D eigenvalue weighted by molar-refractivity contribution is 0.101. The van der Waals surface area contributed by atoms with Crippen molar-refractivity contribution in [1.29, 1.82) is 0 Å². The number of unbranched alkanes of at least 4 members (excludes halogenated alkanes) is 1. The Morgan fingerprint density at radius 2 is 1.73 bits per heavy atom. The number of rotatable bonds is 8. The summed E-state index contributed by atoms with van der Waals surface area (Å²) in [5, 5.41) is 0. The highest BCUT2D eigenvalue weighted by molar-refractivity contribution is 5.94. The van der Waals surface area contributed by atoms with Crippen LogP contribution in [0.3, 0.4) is 0 Å². The number of aryl methyl sites for hydroxylation is 2. The largest absolute Gasteiger partial charge is 0.494 e. The molecule has 2 nitrogen and oxygen atoms in total. The van der Waals surface area contributed by atoms with E-state index >= 15 is 0 Å². The first-order valence-corrected chi connectivity index (χ1v) is 8.00. The Balaban J connectivity index is 2.09. The van der Waals surface area contributed by atoms with Crippen LogP contribution >= 0.6 is 0 Å². The van der Waals surface area contributed by atoms with Gasteiger partial charge in [-0.1, -0.05) is 43.7 Å². The first-order valence-electron chi connectivity index (χ1n) is 8.00. The fourth-order valence-corrected chi connectivity index (χ4v) is 2.36. The summed E-state index contributed by atoms with van der Waals surface area (Å²) in [5.41, 5.74) is 3.20. The lowest BCUT2D eigenvalue weighted by Gasteiger charge is -2.10. The number of ketones is 1. The van der Waals surface area contributed by atoms with Gasteiger partial charge in [0.05, 0.1) is 6.61 Å². The lowest BCUT2D eigenvalue weighted by atomic mass is 10.0. The Kier molecular flexibility index (Phi) is 6.20. The molecule has 2 rings (SSSR count). The predicted octanol–water partition coefficient (Wildman–Crippen LogP) is 4.85. The van der Waals surface area contributed by atoms with Crippen molar-refractivity contribution in [1.82, 2.24) is 0 Å². The Labute approximate surface area is 133 Å². The van der Waals surface area contributed by atoms with E-state index in [2.05, 4.69) is 37.3 Å². The smallest absolute Gasteiger partial charge is 0.159 e. The van der Waals surface area contributed by atoms with Crippen LogP contribution in [0.15, 0.2) is 48.5 Å². The van der Waals surface area contributed by atoms with Crippen LogP contribution in [0.1, 0.15) is 48.2 Å². The van der Waals surface area contributed by atoms with Crippen LogP contribution in [-0.4, -0.2) is 12.4 Å². The zero-order chi connectivity index (χ0) is 15.8. The second-order valence-electron chi connectivity index (χ2n) is 5.61. The summed E-state index contributed by atoms with van der Waals surface area (Å²) in [7, 11) is 0. The van der Waals surface area contributed by atoms with E-state index in [-0.39, 0.29) is 5.78 Å². The van der Waals surface area contributed by atoms with Crippen molar-refractivity contribution in [2.75, 3.05) is 6.61 Å². The van der Waals surface area contributed by atoms with Crippen molar-refractivity contribution in [2.45, 2.75) is 39.5 Å². The average Bonchev–Trinajstić information content (AvgIpc) is 2.54. The van der Waals surface area contributed by atoms with E-state index in [9.17, 15) is 4.79 Å². The zero-order valence-electron chi connectivity index (χ0n) is 13.5. The van der Waals surface area contributed by atoms with Crippen molar-refractivity contribution < 1.29 is 9.53 Å². The van der Waals surface area contributed by atoms with Gasteiger partial charge in [-0.3, -0.25) is 4.79 Å². The third-order valence-electron chi connectivity index (χ3n) is 3.68. The third kappa shape index (κ3) is 5.03. The van der Waals surface area contributed by atoms with Crippen LogP contribution in [0.25, 0.3) is 0 Å². The van der Waals surface area contributed by atoms with Gasteiger partial charge in [0, 0.05) is 5.56 Å². The van der Waals surface area contributed by atoms with Crippen molar-refractivity contribution in [3.63, 3.8) is 0 Å². The van der Waals surface area contributed by atoms with E-state index in [1.807, 2.05) is 18.2 Å². The molecule has 0 aliphatic rings. The van der Waals surface area contributed by atoms with Crippen LogP contribution in [0.2, 0.25) is 0 Å². The molecule has 0 saturated heterocycles. The van der Waals surface area contributed by atoms with Crippen LogP contribution in [-0.2, 0) is 12.8 Å². The van der Waals surface area contributed by atoms with E-state index in [4.69, 9.17) is 4.74 Å². The number of ether oxygens (including phenoxy) is 1. The first kappa shape index (κ1) is 16.3. The number of benzene rings is 2. The second kappa shape index (κ2) is 8.38. The van der Waals surface area contributed by atoms with Crippen LogP contribution in [0.5, 0.6) is 5.75 Å². The molecule has 0 aromatic heterocycles. The summed E-state index contributed by atoms with van der Waals surface area (Å²) in [5.74, 6) is 0.895. The summed E-state index contributed by atoms with van der Waals surface area (Å²) in [4.78, 5) is 11.7. The Morgan fingerprint density at radius 1 is 1.00 bits per heavy atom. The average molecular weight is 296 g/mol. The minimum Gasteiger partial charge on any atom is -0.494 e. The summed E-state index contributed by atoms with van der Waals surface area (Å²) in [6.45, 7) is 4.45.